The van der Waals surface area contributed by atoms with Gasteiger partial charge in [-0.1, -0.05) is 6.07 Å². The summed E-state index contributed by atoms with van der Waals surface area (Å²) in [5, 5.41) is 13.0. The Morgan fingerprint density at radius 3 is 2.64 bits per heavy atom. The van der Waals surface area contributed by atoms with E-state index in [9.17, 15) is 23.2 Å². The Morgan fingerprint density at radius 2 is 1.97 bits per heavy atom. The van der Waals surface area contributed by atoms with Crippen LogP contribution < -0.4 is 15.0 Å². The molecule has 170 valence electrons. The normalized spacial score (nSPS) is 14.7. The second kappa shape index (κ2) is 8.98. The van der Waals surface area contributed by atoms with Gasteiger partial charge in [-0.2, -0.15) is 18.4 Å². The number of hydrogen-bond acceptors (Lipinski definition) is 5. The number of nitriles is 1. The summed E-state index contributed by atoms with van der Waals surface area (Å²) in [5.41, 5.74) is 1.23. The molecule has 0 unspecified atom stereocenters. The van der Waals surface area contributed by atoms with E-state index in [4.69, 9.17) is 4.74 Å². The van der Waals surface area contributed by atoms with Crippen molar-refractivity contribution in [1.29, 1.82) is 5.26 Å². The van der Waals surface area contributed by atoms with Gasteiger partial charge in [0.1, 0.15) is 11.8 Å². The standard InChI is InChI=1S/C24H21F3N4O2/c1-33-19-5-6-20-21(12-19)29-14-16(13-28)22(20)31-9-7-15(8-10-31)23(32)30-18-4-2-3-17(11-18)24(25,26)27/h2-6,11-12,14-15H,7-10H2,1H3,(H,30,32). The van der Waals surface area contributed by atoms with E-state index in [1.165, 1.54) is 18.3 Å². The van der Waals surface area contributed by atoms with Crippen molar-refractivity contribution >= 4 is 28.2 Å². The number of nitrogens with zero attached hydrogens (tertiary/aromatic N) is 3. The molecule has 2 aromatic carbocycles. The molecule has 6 nitrogen and oxygen atoms in total. The van der Waals surface area contributed by atoms with Crippen LogP contribution in [0.15, 0.2) is 48.7 Å². The molecule has 0 saturated carbocycles. The second-order valence-electron chi connectivity index (χ2n) is 7.84. The minimum Gasteiger partial charge on any atom is -0.497 e. The van der Waals surface area contributed by atoms with Crippen molar-refractivity contribution in [1.82, 2.24) is 4.98 Å². The Bertz CT molecular complexity index is 1230. The fourth-order valence-corrected chi connectivity index (χ4v) is 4.09. The van der Waals surface area contributed by atoms with Crippen molar-refractivity contribution in [3.63, 3.8) is 0 Å². The molecule has 0 radical (unpaired) electrons. The highest BCUT2D eigenvalue weighted by atomic mass is 19.4. The van der Waals surface area contributed by atoms with Gasteiger partial charge in [-0.25, -0.2) is 0 Å². The number of hydrogen-bond donors (Lipinski definition) is 1. The van der Waals surface area contributed by atoms with Gasteiger partial charge in [-0.05, 0) is 43.2 Å². The summed E-state index contributed by atoms with van der Waals surface area (Å²) >= 11 is 0. The number of carbonyl (C=O) groups is 1. The van der Waals surface area contributed by atoms with E-state index in [1.807, 2.05) is 12.1 Å². The van der Waals surface area contributed by atoms with E-state index in [-0.39, 0.29) is 17.5 Å². The zero-order valence-electron chi connectivity index (χ0n) is 17.8. The molecule has 1 saturated heterocycles. The van der Waals surface area contributed by atoms with Crippen LogP contribution in [0.4, 0.5) is 24.5 Å². The molecule has 2 heterocycles. The summed E-state index contributed by atoms with van der Waals surface area (Å²) in [5.74, 6) is 0.0176. The van der Waals surface area contributed by atoms with E-state index in [2.05, 4.69) is 21.3 Å². The molecule has 9 heteroatoms. The number of aromatic nitrogens is 1. The number of alkyl halides is 3. The molecule has 4 rings (SSSR count). The molecule has 0 aliphatic carbocycles. The van der Waals surface area contributed by atoms with E-state index >= 15 is 0 Å². The van der Waals surface area contributed by atoms with Crippen molar-refractivity contribution in [2.45, 2.75) is 19.0 Å². The largest absolute Gasteiger partial charge is 0.497 e. The first kappa shape index (κ1) is 22.4. The smallest absolute Gasteiger partial charge is 0.416 e. The lowest BCUT2D eigenvalue weighted by Crippen LogP contribution is -2.38. The molecule has 1 fully saturated rings. The van der Waals surface area contributed by atoms with Crippen LogP contribution >= 0.6 is 0 Å². The minimum absolute atomic E-state index is 0.123. The molecule has 1 aliphatic rings. The molecule has 33 heavy (non-hydrogen) atoms. The highest BCUT2D eigenvalue weighted by Crippen LogP contribution is 2.35. The second-order valence-corrected chi connectivity index (χ2v) is 7.84. The first-order valence-electron chi connectivity index (χ1n) is 10.4. The van der Waals surface area contributed by atoms with E-state index in [0.29, 0.717) is 42.8 Å². The topological polar surface area (TPSA) is 78.2 Å². The Hall–Kier alpha value is -3.80. The van der Waals surface area contributed by atoms with Gasteiger partial charge in [0.2, 0.25) is 5.91 Å². The van der Waals surface area contributed by atoms with Crippen molar-refractivity contribution < 1.29 is 22.7 Å². The van der Waals surface area contributed by atoms with Crippen LogP contribution in [-0.2, 0) is 11.0 Å². The van der Waals surface area contributed by atoms with Crippen LogP contribution in [0.2, 0.25) is 0 Å². The Kier molecular flexibility index (Phi) is 6.09. The maximum Gasteiger partial charge on any atom is 0.416 e. The number of methoxy groups -OCH3 is 1. The molecule has 1 aromatic heterocycles. The number of anilines is 2. The van der Waals surface area contributed by atoms with Crippen molar-refractivity contribution in [2.75, 3.05) is 30.4 Å². The van der Waals surface area contributed by atoms with Crippen molar-refractivity contribution in [3.8, 4) is 11.8 Å². The van der Waals surface area contributed by atoms with Crippen LogP contribution in [-0.4, -0.2) is 31.1 Å². The fourth-order valence-electron chi connectivity index (χ4n) is 4.09. The van der Waals surface area contributed by atoms with Gasteiger partial charge in [-0.15, -0.1) is 0 Å². The SMILES string of the molecule is COc1ccc2c(N3CCC(C(=O)Nc4cccc(C(F)(F)F)c4)CC3)c(C#N)cnc2c1. The van der Waals surface area contributed by atoms with Gasteiger partial charge in [0.15, 0.2) is 0 Å². The van der Waals surface area contributed by atoms with Gasteiger partial charge < -0.3 is 15.0 Å². The van der Waals surface area contributed by atoms with Gasteiger partial charge in [0.25, 0.3) is 0 Å². The quantitative estimate of drug-likeness (QED) is 0.601. The number of amides is 1. The number of halogens is 3. The first-order valence-corrected chi connectivity index (χ1v) is 10.4. The van der Waals surface area contributed by atoms with Crippen LogP contribution in [0, 0.1) is 17.2 Å². The minimum atomic E-state index is -4.47. The van der Waals surface area contributed by atoms with E-state index < -0.39 is 11.7 Å². The van der Waals surface area contributed by atoms with Gasteiger partial charge >= 0.3 is 6.18 Å². The molecule has 3 aromatic rings. The predicted molar refractivity (Wildman–Crippen MR) is 118 cm³/mol. The summed E-state index contributed by atoms with van der Waals surface area (Å²) in [7, 11) is 1.57. The average Bonchev–Trinajstić information content (AvgIpc) is 2.82. The number of carbonyl (C=O) groups excluding carboxylic acids is 1. The average molecular weight is 454 g/mol. The maximum atomic E-state index is 12.9. The number of rotatable bonds is 4. The third-order valence-corrected chi connectivity index (χ3v) is 5.81. The lowest BCUT2D eigenvalue weighted by molar-refractivity contribution is -0.137. The monoisotopic (exact) mass is 454 g/mol. The van der Waals surface area contributed by atoms with E-state index in [1.54, 1.807) is 13.2 Å². The molecule has 1 N–H and O–H groups in total. The van der Waals surface area contributed by atoms with Crippen molar-refractivity contribution in [2.24, 2.45) is 5.92 Å². The first-order chi connectivity index (χ1) is 15.8. The number of nitrogens with one attached hydrogen (secondary N) is 1. The van der Waals surface area contributed by atoms with Gasteiger partial charge in [0, 0.05) is 42.3 Å². The Morgan fingerprint density at radius 1 is 1.21 bits per heavy atom. The summed E-state index contributed by atoms with van der Waals surface area (Å²) in [4.78, 5) is 19.1. The van der Waals surface area contributed by atoms with E-state index in [0.717, 1.165) is 23.2 Å². The molecule has 0 bridgehead atoms. The molecule has 0 spiro atoms. The summed E-state index contributed by atoms with van der Waals surface area (Å²) in [6.07, 6.45) is -1.92. The molecule has 1 aliphatic heterocycles. The number of piperidine rings is 1. The lowest BCUT2D eigenvalue weighted by atomic mass is 9.94. The van der Waals surface area contributed by atoms with Crippen LogP contribution in [0.5, 0.6) is 5.75 Å². The number of pyridine rings is 1. The number of fused-ring (bicyclic) bond motifs is 1. The Labute approximate surface area is 188 Å². The van der Waals surface area contributed by atoms with Crippen LogP contribution in [0.1, 0.15) is 24.0 Å². The number of ether oxygens (including phenoxy) is 1. The zero-order chi connectivity index (χ0) is 23.6. The Balaban J connectivity index is 1.49. The van der Waals surface area contributed by atoms with Crippen LogP contribution in [0.25, 0.3) is 10.9 Å². The predicted octanol–water partition coefficient (Wildman–Crippen LogP) is 4.99. The molecule has 1 amide bonds. The summed E-state index contributed by atoms with van der Waals surface area (Å²) in [6, 6.07) is 12.3. The van der Waals surface area contributed by atoms with Crippen LogP contribution in [0.3, 0.4) is 0 Å². The maximum absolute atomic E-state index is 12.9. The summed E-state index contributed by atoms with van der Waals surface area (Å²) < 4.78 is 44.0. The fraction of sp³-hybridized carbons (Fsp3) is 0.292. The lowest BCUT2D eigenvalue weighted by Gasteiger charge is -2.34. The molecular weight excluding hydrogens is 433 g/mol. The third-order valence-electron chi connectivity index (χ3n) is 5.81. The molecule has 0 atom stereocenters. The summed E-state index contributed by atoms with van der Waals surface area (Å²) in [6.45, 7) is 1.06. The zero-order valence-corrected chi connectivity index (χ0v) is 17.8. The molecular formula is C24H21F3N4O2. The van der Waals surface area contributed by atoms with Gasteiger partial charge in [0.05, 0.1) is 29.4 Å². The van der Waals surface area contributed by atoms with Crippen molar-refractivity contribution in [3.05, 3.63) is 59.8 Å². The highest BCUT2D eigenvalue weighted by Gasteiger charge is 2.31. The number of benzene rings is 2. The van der Waals surface area contributed by atoms with Gasteiger partial charge in [-0.3, -0.25) is 9.78 Å². The highest BCUT2D eigenvalue weighted by molar-refractivity contribution is 5.96. The third kappa shape index (κ3) is 4.70.